The van der Waals surface area contributed by atoms with Crippen LogP contribution in [0.15, 0.2) is 27.4 Å². The first-order chi connectivity index (χ1) is 9.93. The van der Waals surface area contributed by atoms with Crippen LogP contribution in [0.25, 0.3) is 11.0 Å². The summed E-state index contributed by atoms with van der Waals surface area (Å²) < 4.78 is 21.0. The van der Waals surface area contributed by atoms with Crippen molar-refractivity contribution in [1.29, 1.82) is 0 Å². The molecule has 6 heteroatoms. The fourth-order valence-electron chi connectivity index (χ4n) is 1.95. The molecule has 2 rings (SSSR count). The molecule has 0 unspecified atom stereocenters. The summed E-state index contributed by atoms with van der Waals surface area (Å²) in [4.78, 5) is 23.1. The molecule has 0 saturated carbocycles. The number of methoxy groups -OCH3 is 1. The van der Waals surface area contributed by atoms with Gasteiger partial charge < -0.3 is 18.6 Å². The molecule has 0 spiro atoms. The zero-order valence-corrected chi connectivity index (χ0v) is 12.3. The molecule has 6 nitrogen and oxygen atoms in total. The topological polar surface area (TPSA) is 75.0 Å². The number of esters is 1. The van der Waals surface area contributed by atoms with Crippen LogP contribution in [-0.4, -0.2) is 19.2 Å². The first-order valence-electron chi connectivity index (χ1n) is 6.43. The van der Waals surface area contributed by atoms with Gasteiger partial charge in [0.05, 0.1) is 13.2 Å². The van der Waals surface area contributed by atoms with E-state index < -0.39 is 11.6 Å². The minimum absolute atomic E-state index is 0.0793. The Labute approximate surface area is 121 Å². The molecule has 1 aromatic carbocycles. The highest BCUT2D eigenvalue weighted by Gasteiger charge is 2.21. The quantitative estimate of drug-likeness (QED) is 0.636. The highest BCUT2D eigenvalue weighted by atomic mass is 16.6. The van der Waals surface area contributed by atoms with Crippen molar-refractivity contribution in [2.24, 2.45) is 0 Å². The van der Waals surface area contributed by atoms with Crippen LogP contribution in [0.1, 0.15) is 20.8 Å². The van der Waals surface area contributed by atoms with Gasteiger partial charge in [0.2, 0.25) is 0 Å². The third-order valence-corrected chi connectivity index (χ3v) is 2.62. The molecule has 0 saturated heterocycles. The summed E-state index contributed by atoms with van der Waals surface area (Å²) in [5.74, 6) is -0.316. The second kappa shape index (κ2) is 5.87. The van der Waals surface area contributed by atoms with Crippen LogP contribution in [0.3, 0.4) is 0 Å². The van der Waals surface area contributed by atoms with Crippen molar-refractivity contribution in [1.82, 2.24) is 0 Å². The molecule has 0 radical (unpaired) electrons. The highest BCUT2D eigenvalue weighted by molar-refractivity contribution is 5.92. The number of ether oxygens (including phenoxy) is 3. The molecule has 0 aliphatic carbocycles. The average molecular weight is 292 g/mol. The predicted octanol–water partition coefficient (Wildman–Crippen LogP) is 2.51. The zero-order chi connectivity index (χ0) is 15.6. The molecule has 0 amide bonds. The van der Waals surface area contributed by atoms with Crippen LogP contribution in [0.4, 0.5) is 0 Å². The number of fused-ring (bicyclic) bond motifs is 1. The Morgan fingerprint density at radius 1 is 1.24 bits per heavy atom. The van der Waals surface area contributed by atoms with Crippen molar-refractivity contribution in [3.8, 4) is 17.2 Å². The predicted molar refractivity (Wildman–Crippen MR) is 76.1 cm³/mol. The second-order valence-electron chi connectivity index (χ2n) is 4.64. The Bertz CT molecular complexity index is 729. The van der Waals surface area contributed by atoms with E-state index in [1.807, 2.05) is 13.8 Å². The molecule has 0 bridgehead atoms. The summed E-state index contributed by atoms with van der Waals surface area (Å²) in [5.41, 5.74) is -0.484. The van der Waals surface area contributed by atoms with E-state index in [1.54, 1.807) is 18.2 Å². The fourth-order valence-corrected chi connectivity index (χ4v) is 1.95. The number of benzene rings is 1. The Kier molecular flexibility index (Phi) is 4.16. The Morgan fingerprint density at radius 3 is 2.52 bits per heavy atom. The lowest BCUT2D eigenvalue weighted by Gasteiger charge is -2.15. The van der Waals surface area contributed by atoms with Gasteiger partial charge in [-0.1, -0.05) is 6.07 Å². The summed E-state index contributed by atoms with van der Waals surface area (Å²) in [6.45, 7) is 4.94. The van der Waals surface area contributed by atoms with E-state index in [1.165, 1.54) is 14.0 Å². The summed E-state index contributed by atoms with van der Waals surface area (Å²) in [7, 11) is 1.38. The van der Waals surface area contributed by atoms with E-state index in [0.29, 0.717) is 16.7 Å². The van der Waals surface area contributed by atoms with Gasteiger partial charge in [0.15, 0.2) is 5.75 Å². The summed E-state index contributed by atoms with van der Waals surface area (Å²) in [6.07, 6.45) is -0.0793. The monoisotopic (exact) mass is 292 g/mol. The molecule has 0 aliphatic heterocycles. The first-order valence-corrected chi connectivity index (χ1v) is 6.43. The minimum atomic E-state index is -0.781. The SMILES string of the molecule is COc1c(OC(C)=O)c(=O)oc2cccc(OC(C)C)c12. The third-order valence-electron chi connectivity index (χ3n) is 2.62. The molecular weight excluding hydrogens is 276 g/mol. The van der Waals surface area contributed by atoms with Crippen molar-refractivity contribution in [3.05, 3.63) is 28.6 Å². The molecule has 2 aromatic rings. The maximum Gasteiger partial charge on any atom is 0.383 e. The van der Waals surface area contributed by atoms with Gasteiger partial charge in [0.1, 0.15) is 16.7 Å². The molecule has 0 aliphatic rings. The van der Waals surface area contributed by atoms with E-state index >= 15 is 0 Å². The molecule has 1 heterocycles. The summed E-state index contributed by atoms with van der Waals surface area (Å²) in [5, 5.41) is 0.449. The molecule has 21 heavy (non-hydrogen) atoms. The molecule has 1 aromatic heterocycles. The van der Waals surface area contributed by atoms with Crippen molar-refractivity contribution in [2.75, 3.05) is 7.11 Å². The summed E-state index contributed by atoms with van der Waals surface area (Å²) >= 11 is 0. The number of rotatable bonds is 4. The van der Waals surface area contributed by atoms with Crippen molar-refractivity contribution in [2.45, 2.75) is 26.9 Å². The molecule has 0 N–H and O–H groups in total. The summed E-state index contributed by atoms with van der Waals surface area (Å²) in [6, 6.07) is 5.04. The van der Waals surface area contributed by atoms with Crippen LogP contribution >= 0.6 is 0 Å². The van der Waals surface area contributed by atoms with E-state index in [9.17, 15) is 9.59 Å². The van der Waals surface area contributed by atoms with E-state index in [2.05, 4.69) is 0 Å². The standard InChI is InChI=1S/C15H16O6/c1-8(2)19-10-6-5-7-11-12(10)13(18-4)14(15(17)21-11)20-9(3)16/h5-8H,1-4H3. The second-order valence-corrected chi connectivity index (χ2v) is 4.64. The van der Waals surface area contributed by atoms with Crippen molar-refractivity contribution in [3.63, 3.8) is 0 Å². The van der Waals surface area contributed by atoms with Crippen LogP contribution in [0.5, 0.6) is 17.2 Å². The van der Waals surface area contributed by atoms with Gasteiger partial charge in [0.25, 0.3) is 5.75 Å². The maximum absolute atomic E-state index is 11.9. The maximum atomic E-state index is 11.9. The van der Waals surface area contributed by atoms with Crippen molar-refractivity contribution >= 4 is 16.9 Å². The lowest BCUT2D eigenvalue weighted by molar-refractivity contribution is -0.132. The normalized spacial score (nSPS) is 10.7. The van der Waals surface area contributed by atoms with Gasteiger partial charge >= 0.3 is 11.6 Å². The highest BCUT2D eigenvalue weighted by Crippen LogP contribution is 2.38. The van der Waals surface area contributed by atoms with Gasteiger partial charge in [-0.05, 0) is 26.0 Å². The number of hydrogen-bond acceptors (Lipinski definition) is 6. The fraction of sp³-hybridized carbons (Fsp3) is 0.333. The molecular formula is C15H16O6. The first kappa shape index (κ1) is 14.9. The average Bonchev–Trinajstić information content (AvgIpc) is 2.39. The lowest BCUT2D eigenvalue weighted by Crippen LogP contribution is -2.13. The van der Waals surface area contributed by atoms with Gasteiger partial charge in [0, 0.05) is 6.92 Å². The van der Waals surface area contributed by atoms with E-state index in [0.717, 1.165) is 0 Å². The van der Waals surface area contributed by atoms with Crippen LogP contribution in [0, 0.1) is 0 Å². The Balaban J connectivity index is 2.79. The largest absolute Gasteiger partial charge is 0.492 e. The Hall–Kier alpha value is -2.50. The van der Waals surface area contributed by atoms with Gasteiger partial charge in [-0.25, -0.2) is 4.79 Å². The third kappa shape index (κ3) is 2.99. The minimum Gasteiger partial charge on any atom is -0.492 e. The smallest absolute Gasteiger partial charge is 0.383 e. The molecule has 0 fully saturated rings. The van der Waals surface area contributed by atoms with Crippen LogP contribution in [0.2, 0.25) is 0 Å². The van der Waals surface area contributed by atoms with E-state index in [-0.39, 0.29) is 17.6 Å². The lowest BCUT2D eigenvalue weighted by atomic mass is 10.2. The number of carbonyl (C=O) groups excluding carboxylic acids is 1. The molecule has 112 valence electrons. The number of carbonyl (C=O) groups is 1. The van der Waals surface area contributed by atoms with Gasteiger partial charge in [-0.15, -0.1) is 0 Å². The van der Waals surface area contributed by atoms with Gasteiger partial charge in [-0.2, -0.15) is 0 Å². The number of hydrogen-bond donors (Lipinski definition) is 0. The van der Waals surface area contributed by atoms with Crippen LogP contribution < -0.4 is 19.8 Å². The van der Waals surface area contributed by atoms with E-state index in [4.69, 9.17) is 18.6 Å². The van der Waals surface area contributed by atoms with Gasteiger partial charge in [-0.3, -0.25) is 4.79 Å². The van der Waals surface area contributed by atoms with Crippen molar-refractivity contribution < 1.29 is 23.4 Å². The zero-order valence-electron chi connectivity index (χ0n) is 12.3. The van der Waals surface area contributed by atoms with Crippen LogP contribution in [-0.2, 0) is 4.79 Å². The Morgan fingerprint density at radius 2 is 1.95 bits per heavy atom. The molecule has 0 atom stereocenters.